The van der Waals surface area contributed by atoms with Crippen LogP contribution in [0.5, 0.6) is 0 Å². The molecule has 0 aliphatic heterocycles. The summed E-state index contributed by atoms with van der Waals surface area (Å²) in [5.74, 6) is 2.12. The number of aliphatic hydroxyl groups is 1. The molecule has 0 aromatic rings. The summed E-state index contributed by atoms with van der Waals surface area (Å²) < 4.78 is 0. The smallest absolute Gasteiger partial charge is 0.0628 e. The molecule has 0 amide bonds. The molecular weight excluding hydrogens is 144 g/mol. The van der Waals surface area contributed by atoms with Crippen LogP contribution in [0.15, 0.2) is 0 Å². The zero-order chi connectivity index (χ0) is 7.82. The van der Waals surface area contributed by atoms with Crippen molar-refractivity contribution < 1.29 is 5.11 Å². The van der Waals surface area contributed by atoms with E-state index in [1.165, 1.54) is 18.6 Å². The molecule has 10 heavy (non-hydrogen) atoms. The fourth-order valence-electron chi connectivity index (χ4n) is 0.584. The molecule has 0 aromatic heterocycles. The molecular formula is C8H18OS. The molecule has 0 bridgehead atoms. The number of rotatable bonds is 6. The maximum Gasteiger partial charge on any atom is 0.0628 e. The highest BCUT2D eigenvalue weighted by atomic mass is 32.2. The Balaban J connectivity index is 2.89. The van der Waals surface area contributed by atoms with Gasteiger partial charge in [0.15, 0.2) is 0 Å². The van der Waals surface area contributed by atoms with Gasteiger partial charge in [-0.25, -0.2) is 0 Å². The fourth-order valence-corrected chi connectivity index (χ4v) is 1.75. The van der Waals surface area contributed by atoms with E-state index >= 15 is 0 Å². The van der Waals surface area contributed by atoms with Gasteiger partial charge in [0.05, 0.1) is 6.10 Å². The predicted octanol–water partition coefficient (Wildman–Crippen LogP) is 2.29. The molecule has 0 saturated carbocycles. The normalized spacial score (nSPS) is 13.5. The number of thioether (sulfide) groups is 1. The van der Waals surface area contributed by atoms with Crippen LogP contribution in [0.2, 0.25) is 0 Å². The maximum atomic E-state index is 9.14. The van der Waals surface area contributed by atoms with E-state index in [-0.39, 0.29) is 6.10 Å². The SMILES string of the molecule is CCCCSC[C@@H](O)CC. The van der Waals surface area contributed by atoms with Gasteiger partial charge in [0.1, 0.15) is 0 Å². The number of aliphatic hydroxyl groups excluding tert-OH is 1. The molecule has 0 saturated heterocycles. The Morgan fingerprint density at radius 2 is 2.10 bits per heavy atom. The van der Waals surface area contributed by atoms with Crippen molar-refractivity contribution in [3.05, 3.63) is 0 Å². The second-order valence-corrected chi connectivity index (χ2v) is 3.64. The standard InChI is InChI=1S/C8H18OS/c1-3-5-6-10-7-8(9)4-2/h8-9H,3-7H2,1-2H3/t8-/m0/s1. The molecule has 1 N–H and O–H groups in total. The second kappa shape index (κ2) is 7.42. The Labute approximate surface area is 68.2 Å². The van der Waals surface area contributed by atoms with Crippen LogP contribution in [0.3, 0.4) is 0 Å². The highest BCUT2D eigenvalue weighted by Gasteiger charge is 1.98. The van der Waals surface area contributed by atoms with Crippen LogP contribution in [0, 0.1) is 0 Å². The molecule has 0 aromatic carbocycles. The van der Waals surface area contributed by atoms with Crippen molar-refractivity contribution in [1.82, 2.24) is 0 Å². The highest BCUT2D eigenvalue weighted by Crippen LogP contribution is 2.07. The van der Waals surface area contributed by atoms with Gasteiger partial charge in [-0.05, 0) is 18.6 Å². The van der Waals surface area contributed by atoms with Gasteiger partial charge >= 0.3 is 0 Å². The number of hydrogen-bond acceptors (Lipinski definition) is 2. The average Bonchev–Trinajstić information content (AvgIpc) is 1.98. The maximum absolute atomic E-state index is 9.14. The Hall–Kier alpha value is 0.310. The number of unbranched alkanes of at least 4 members (excludes halogenated alkanes) is 1. The Kier molecular flexibility index (Phi) is 7.65. The van der Waals surface area contributed by atoms with Gasteiger partial charge in [-0.15, -0.1) is 0 Å². The third-order valence-corrected chi connectivity index (χ3v) is 2.62. The van der Waals surface area contributed by atoms with E-state index < -0.39 is 0 Å². The molecule has 1 atom stereocenters. The topological polar surface area (TPSA) is 20.2 Å². The van der Waals surface area contributed by atoms with E-state index in [4.69, 9.17) is 5.11 Å². The minimum Gasteiger partial charge on any atom is -0.392 e. The predicted molar refractivity (Wildman–Crippen MR) is 48.5 cm³/mol. The van der Waals surface area contributed by atoms with Crippen molar-refractivity contribution in [3.63, 3.8) is 0 Å². The van der Waals surface area contributed by atoms with Crippen molar-refractivity contribution in [2.75, 3.05) is 11.5 Å². The fraction of sp³-hybridized carbons (Fsp3) is 1.00. The molecule has 2 heteroatoms. The summed E-state index contributed by atoms with van der Waals surface area (Å²) in [5.41, 5.74) is 0. The molecule has 0 spiro atoms. The van der Waals surface area contributed by atoms with Crippen LogP contribution in [-0.4, -0.2) is 22.7 Å². The van der Waals surface area contributed by atoms with Crippen molar-refractivity contribution >= 4 is 11.8 Å². The zero-order valence-corrected chi connectivity index (χ0v) is 7.78. The van der Waals surface area contributed by atoms with Crippen molar-refractivity contribution in [2.45, 2.75) is 39.2 Å². The van der Waals surface area contributed by atoms with E-state index in [9.17, 15) is 0 Å². The summed E-state index contributed by atoms with van der Waals surface area (Å²) >= 11 is 1.86. The lowest BCUT2D eigenvalue weighted by molar-refractivity contribution is 0.195. The molecule has 0 aliphatic rings. The van der Waals surface area contributed by atoms with Gasteiger partial charge < -0.3 is 5.11 Å². The first-order valence-corrected chi connectivity index (χ1v) is 5.22. The van der Waals surface area contributed by atoms with Crippen molar-refractivity contribution in [3.8, 4) is 0 Å². The van der Waals surface area contributed by atoms with Gasteiger partial charge in [-0.3, -0.25) is 0 Å². The molecule has 1 nitrogen and oxygen atoms in total. The summed E-state index contributed by atoms with van der Waals surface area (Å²) in [6.45, 7) is 4.21. The quantitative estimate of drug-likeness (QED) is 0.605. The van der Waals surface area contributed by atoms with Crippen molar-refractivity contribution in [2.24, 2.45) is 0 Å². The van der Waals surface area contributed by atoms with Gasteiger partial charge in [-0.1, -0.05) is 20.3 Å². The van der Waals surface area contributed by atoms with Gasteiger partial charge in [0.2, 0.25) is 0 Å². The van der Waals surface area contributed by atoms with Crippen LogP contribution in [-0.2, 0) is 0 Å². The number of hydrogen-bond donors (Lipinski definition) is 1. The van der Waals surface area contributed by atoms with Gasteiger partial charge in [-0.2, -0.15) is 11.8 Å². The third kappa shape index (κ3) is 6.43. The Morgan fingerprint density at radius 3 is 2.60 bits per heavy atom. The first-order chi connectivity index (χ1) is 4.81. The van der Waals surface area contributed by atoms with Crippen molar-refractivity contribution in [1.29, 1.82) is 0 Å². The minimum absolute atomic E-state index is 0.0816. The molecule has 0 heterocycles. The van der Waals surface area contributed by atoms with E-state index in [2.05, 4.69) is 6.92 Å². The van der Waals surface area contributed by atoms with Gasteiger partial charge in [0.25, 0.3) is 0 Å². The summed E-state index contributed by atoms with van der Waals surface area (Å²) in [4.78, 5) is 0. The van der Waals surface area contributed by atoms with Crippen LogP contribution >= 0.6 is 11.8 Å². The first-order valence-electron chi connectivity index (χ1n) is 4.07. The molecule has 0 radical (unpaired) electrons. The van der Waals surface area contributed by atoms with Crippen LogP contribution in [0.4, 0.5) is 0 Å². The van der Waals surface area contributed by atoms with Crippen LogP contribution in [0.1, 0.15) is 33.1 Å². The molecule has 0 aliphatic carbocycles. The van der Waals surface area contributed by atoms with E-state index in [1.54, 1.807) is 0 Å². The molecule has 0 unspecified atom stereocenters. The van der Waals surface area contributed by atoms with Gasteiger partial charge in [0, 0.05) is 5.75 Å². The average molecular weight is 162 g/mol. The summed E-state index contributed by atoms with van der Waals surface area (Å²) in [5, 5.41) is 9.14. The monoisotopic (exact) mass is 162 g/mol. The molecule has 0 fully saturated rings. The third-order valence-electron chi connectivity index (χ3n) is 1.42. The molecule has 62 valence electrons. The summed E-state index contributed by atoms with van der Waals surface area (Å²) in [6.07, 6.45) is 3.34. The Bertz CT molecular complexity index is 66.3. The van der Waals surface area contributed by atoms with E-state index in [0.717, 1.165) is 12.2 Å². The highest BCUT2D eigenvalue weighted by molar-refractivity contribution is 7.99. The summed E-state index contributed by atoms with van der Waals surface area (Å²) in [6, 6.07) is 0. The summed E-state index contributed by atoms with van der Waals surface area (Å²) in [7, 11) is 0. The zero-order valence-electron chi connectivity index (χ0n) is 6.97. The van der Waals surface area contributed by atoms with Crippen LogP contribution in [0.25, 0.3) is 0 Å². The molecule has 0 rings (SSSR count). The largest absolute Gasteiger partial charge is 0.392 e. The van der Waals surface area contributed by atoms with Crippen LogP contribution < -0.4 is 0 Å². The lowest BCUT2D eigenvalue weighted by Gasteiger charge is -2.05. The lowest BCUT2D eigenvalue weighted by atomic mass is 10.3. The second-order valence-electron chi connectivity index (χ2n) is 2.49. The Morgan fingerprint density at radius 1 is 1.40 bits per heavy atom. The first kappa shape index (κ1) is 10.3. The minimum atomic E-state index is -0.0816. The lowest BCUT2D eigenvalue weighted by Crippen LogP contribution is -2.07. The van der Waals surface area contributed by atoms with E-state index in [1.807, 2.05) is 18.7 Å². The van der Waals surface area contributed by atoms with E-state index in [0.29, 0.717) is 0 Å².